The van der Waals surface area contributed by atoms with Crippen molar-refractivity contribution in [3.05, 3.63) is 54.6 Å². The van der Waals surface area contributed by atoms with Crippen LogP contribution in [0.4, 0.5) is 11.5 Å². The topological polar surface area (TPSA) is 81.1 Å². The van der Waals surface area contributed by atoms with Crippen molar-refractivity contribution >= 4 is 34.2 Å². The highest BCUT2D eigenvalue weighted by Gasteiger charge is 2.09. The average Bonchev–Trinajstić information content (AvgIpc) is 3.28. The maximum atomic E-state index is 5.99. The molecular formula is C18H18N6. The number of fused-ring (bicyclic) bond motifs is 1. The van der Waals surface area contributed by atoms with Crippen LogP contribution >= 0.6 is 0 Å². The number of nitrogens with one attached hydrogen (secondary N) is 1. The number of rotatable bonds is 5. The zero-order valence-corrected chi connectivity index (χ0v) is 13.2. The van der Waals surface area contributed by atoms with Crippen LogP contribution in [-0.2, 0) is 6.54 Å². The molecular weight excluding hydrogens is 300 g/mol. The summed E-state index contributed by atoms with van der Waals surface area (Å²) >= 11 is 0. The van der Waals surface area contributed by atoms with Crippen LogP contribution in [0.2, 0.25) is 0 Å². The van der Waals surface area contributed by atoms with Crippen molar-refractivity contribution in [1.29, 1.82) is 0 Å². The van der Waals surface area contributed by atoms with E-state index in [9.17, 15) is 0 Å². The molecule has 3 heterocycles. The Hall–Kier alpha value is -3.15. The summed E-state index contributed by atoms with van der Waals surface area (Å²) in [5, 5.41) is 4.52. The fourth-order valence-electron chi connectivity index (χ4n) is 2.87. The number of aliphatic imine (C=N–C) groups is 1. The fraction of sp³-hybridized carbons (Fsp3) is 0.167. The number of nitrogens with two attached hydrogens (primary N) is 1. The zero-order chi connectivity index (χ0) is 16.4. The number of nitrogens with zero attached hydrogens (tertiary/aromatic N) is 4. The molecule has 0 saturated heterocycles. The van der Waals surface area contributed by atoms with Gasteiger partial charge in [-0.25, -0.2) is 9.97 Å². The molecule has 1 aromatic carbocycles. The molecule has 0 spiro atoms. The summed E-state index contributed by atoms with van der Waals surface area (Å²) in [4.78, 5) is 12.8. The molecule has 24 heavy (non-hydrogen) atoms. The molecule has 0 aliphatic carbocycles. The smallest absolute Gasteiger partial charge is 0.126 e. The SMILES string of the molecule is Nc1cc(NCCn2ccnc2)c2ccc(C3=CC=NC3)cc2n1. The minimum Gasteiger partial charge on any atom is -0.384 e. The molecule has 3 N–H and O–H groups in total. The van der Waals surface area contributed by atoms with Gasteiger partial charge in [-0.15, -0.1) is 0 Å². The number of anilines is 2. The number of allylic oxidation sites excluding steroid dienone is 1. The lowest BCUT2D eigenvalue weighted by Gasteiger charge is -2.12. The average molecular weight is 318 g/mol. The van der Waals surface area contributed by atoms with Crippen molar-refractivity contribution in [1.82, 2.24) is 14.5 Å². The zero-order valence-electron chi connectivity index (χ0n) is 13.2. The van der Waals surface area contributed by atoms with Gasteiger partial charge in [-0.05, 0) is 23.3 Å². The van der Waals surface area contributed by atoms with Gasteiger partial charge >= 0.3 is 0 Å². The summed E-state index contributed by atoms with van der Waals surface area (Å²) in [6.07, 6.45) is 9.42. The van der Waals surface area contributed by atoms with Gasteiger partial charge in [0.05, 0.1) is 18.4 Å². The molecule has 0 fully saturated rings. The largest absolute Gasteiger partial charge is 0.384 e. The first-order chi connectivity index (χ1) is 11.8. The van der Waals surface area contributed by atoms with Crippen LogP contribution < -0.4 is 11.1 Å². The summed E-state index contributed by atoms with van der Waals surface area (Å²) in [5.41, 5.74) is 10.2. The maximum absolute atomic E-state index is 5.99. The first-order valence-electron chi connectivity index (χ1n) is 7.89. The van der Waals surface area contributed by atoms with E-state index in [0.29, 0.717) is 5.82 Å². The van der Waals surface area contributed by atoms with Crippen molar-refractivity contribution in [2.24, 2.45) is 4.99 Å². The molecule has 1 aliphatic heterocycles. The minimum atomic E-state index is 0.515. The predicted molar refractivity (Wildman–Crippen MR) is 98.2 cm³/mol. The molecule has 0 unspecified atom stereocenters. The molecule has 0 amide bonds. The molecule has 3 aromatic rings. The molecule has 6 nitrogen and oxygen atoms in total. The van der Waals surface area contributed by atoms with Crippen LogP contribution in [0.15, 0.2) is 54.1 Å². The van der Waals surface area contributed by atoms with Gasteiger partial charge in [-0.1, -0.05) is 12.1 Å². The standard InChI is InChI=1S/C18H18N6/c19-18-10-16(22-6-8-24-7-5-21-12-24)15-2-1-13(9-17(15)23-18)14-3-4-20-11-14/h1-5,7,9-10,12H,6,8,11H2,(H3,19,22,23). The number of aromatic nitrogens is 3. The van der Waals surface area contributed by atoms with Crippen LogP contribution in [0.5, 0.6) is 0 Å². The first kappa shape index (κ1) is 14.4. The summed E-state index contributed by atoms with van der Waals surface area (Å²) in [6.45, 7) is 2.35. The van der Waals surface area contributed by atoms with Crippen molar-refractivity contribution in [2.45, 2.75) is 6.54 Å². The second kappa shape index (κ2) is 6.16. The van der Waals surface area contributed by atoms with E-state index in [1.54, 1.807) is 6.20 Å². The van der Waals surface area contributed by atoms with Crippen molar-refractivity contribution < 1.29 is 0 Å². The Kier molecular flexibility index (Phi) is 3.70. The van der Waals surface area contributed by atoms with E-state index >= 15 is 0 Å². The first-order valence-corrected chi connectivity index (χ1v) is 7.89. The summed E-state index contributed by atoms with van der Waals surface area (Å²) in [7, 11) is 0. The number of benzene rings is 1. The molecule has 6 heteroatoms. The number of nitrogen functional groups attached to an aromatic ring is 1. The van der Waals surface area contributed by atoms with E-state index in [1.807, 2.05) is 35.4 Å². The van der Waals surface area contributed by atoms with Gasteiger partial charge in [0.1, 0.15) is 5.82 Å². The molecule has 1 aliphatic rings. The molecule has 4 rings (SSSR count). The third kappa shape index (κ3) is 2.86. The number of imidazole rings is 1. The van der Waals surface area contributed by atoms with Crippen LogP contribution in [0.1, 0.15) is 5.56 Å². The predicted octanol–water partition coefficient (Wildman–Crippen LogP) is 2.59. The summed E-state index contributed by atoms with van der Waals surface area (Å²) in [6, 6.07) is 8.17. The van der Waals surface area contributed by atoms with Crippen LogP contribution in [-0.4, -0.2) is 33.8 Å². The van der Waals surface area contributed by atoms with Gasteiger partial charge < -0.3 is 15.6 Å². The Labute approximate surface area is 139 Å². The third-order valence-electron chi connectivity index (χ3n) is 4.09. The van der Waals surface area contributed by atoms with E-state index in [1.165, 1.54) is 5.57 Å². The van der Waals surface area contributed by atoms with Gasteiger partial charge in [0.25, 0.3) is 0 Å². The van der Waals surface area contributed by atoms with Crippen LogP contribution in [0, 0.1) is 0 Å². The van der Waals surface area contributed by atoms with E-state index in [4.69, 9.17) is 5.73 Å². The summed E-state index contributed by atoms with van der Waals surface area (Å²) in [5.74, 6) is 0.515. The van der Waals surface area contributed by atoms with Gasteiger partial charge in [0.15, 0.2) is 0 Å². The van der Waals surface area contributed by atoms with E-state index < -0.39 is 0 Å². The molecule has 120 valence electrons. The Morgan fingerprint density at radius 2 is 2.21 bits per heavy atom. The van der Waals surface area contributed by atoms with Crippen molar-refractivity contribution in [3.63, 3.8) is 0 Å². The highest BCUT2D eigenvalue weighted by atomic mass is 15.0. The third-order valence-corrected chi connectivity index (χ3v) is 4.09. The monoisotopic (exact) mass is 318 g/mol. The van der Waals surface area contributed by atoms with Crippen molar-refractivity contribution in [2.75, 3.05) is 24.1 Å². The van der Waals surface area contributed by atoms with Crippen LogP contribution in [0.25, 0.3) is 16.5 Å². The fourth-order valence-corrected chi connectivity index (χ4v) is 2.87. The molecule has 0 radical (unpaired) electrons. The highest BCUT2D eigenvalue weighted by molar-refractivity contribution is 5.96. The quantitative estimate of drug-likeness (QED) is 0.757. The minimum absolute atomic E-state index is 0.515. The molecule has 0 atom stereocenters. The van der Waals surface area contributed by atoms with Crippen molar-refractivity contribution in [3.8, 4) is 0 Å². The Balaban J connectivity index is 1.60. The Morgan fingerprint density at radius 3 is 3.00 bits per heavy atom. The van der Waals surface area contributed by atoms with E-state index in [2.05, 4.69) is 38.5 Å². The Bertz CT molecular complexity index is 924. The van der Waals surface area contributed by atoms with E-state index in [0.717, 1.165) is 41.8 Å². The van der Waals surface area contributed by atoms with Gasteiger partial charge in [0, 0.05) is 48.8 Å². The molecule has 0 bridgehead atoms. The van der Waals surface area contributed by atoms with Gasteiger partial charge in [-0.3, -0.25) is 4.99 Å². The number of hydrogen-bond donors (Lipinski definition) is 2. The molecule has 0 saturated carbocycles. The lowest BCUT2D eigenvalue weighted by molar-refractivity contribution is 0.727. The Morgan fingerprint density at radius 1 is 1.25 bits per heavy atom. The van der Waals surface area contributed by atoms with Gasteiger partial charge in [0.2, 0.25) is 0 Å². The van der Waals surface area contributed by atoms with Crippen LogP contribution in [0.3, 0.4) is 0 Å². The maximum Gasteiger partial charge on any atom is 0.126 e. The lowest BCUT2D eigenvalue weighted by atomic mass is 10.0. The van der Waals surface area contributed by atoms with E-state index in [-0.39, 0.29) is 0 Å². The number of pyridine rings is 1. The number of hydrogen-bond acceptors (Lipinski definition) is 5. The second-order valence-corrected chi connectivity index (χ2v) is 5.74. The lowest BCUT2D eigenvalue weighted by Crippen LogP contribution is -2.10. The summed E-state index contributed by atoms with van der Waals surface area (Å²) < 4.78 is 2.03. The molecule has 2 aromatic heterocycles. The normalized spacial score (nSPS) is 13.4. The van der Waals surface area contributed by atoms with Gasteiger partial charge in [-0.2, -0.15) is 0 Å². The second-order valence-electron chi connectivity index (χ2n) is 5.74. The highest BCUT2D eigenvalue weighted by Crippen LogP contribution is 2.28.